The van der Waals surface area contributed by atoms with E-state index in [0.29, 0.717) is 24.5 Å². The third-order valence-electron chi connectivity index (χ3n) is 4.08. The van der Waals surface area contributed by atoms with Gasteiger partial charge in [0.2, 0.25) is 0 Å². The van der Waals surface area contributed by atoms with Crippen LogP contribution in [0.15, 0.2) is 24.5 Å². The molecule has 0 bridgehead atoms. The monoisotopic (exact) mass is 261 g/mol. The number of rotatable bonds is 6. The SMILES string of the molecule is CC(C)CN(C1CCCC1)C(CN)c1ccncc1. The second-order valence-electron chi connectivity index (χ2n) is 6.06. The molecule has 1 aromatic heterocycles. The fourth-order valence-corrected chi connectivity index (χ4v) is 3.24. The van der Waals surface area contributed by atoms with Crippen LogP contribution >= 0.6 is 0 Å². The third-order valence-corrected chi connectivity index (χ3v) is 4.08. The van der Waals surface area contributed by atoms with Gasteiger partial charge in [0.25, 0.3) is 0 Å². The van der Waals surface area contributed by atoms with Crippen molar-refractivity contribution < 1.29 is 0 Å². The number of nitrogens with two attached hydrogens (primary N) is 1. The number of aromatic nitrogens is 1. The van der Waals surface area contributed by atoms with Crippen LogP contribution in [0.1, 0.15) is 51.1 Å². The molecule has 1 aliphatic carbocycles. The van der Waals surface area contributed by atoms with E-state index in [9.17, 15) is 0 Å². The quantitative estimate of drug-likeness (QED) is 0.856. The first-order valence-corrected chi connectivity index (χ1v) is 7.58. The highest BCUT2D eigenvalue weighted by Gasteiger charge is 2.29. The van der Waals surface area contributed by atoms with Crippen LogP contribution in [-0.2, 0) is 0 Å². The van der Waals surface area contributed by atoms with Gasteiger partial charge in [-0.1, -0.05) is 26.7 Å². The minimum atomic E-state index is 0.341. The zero-order chi connectivity index (χ0) is 13.7. The Bertz CT molecular complexity index is 358. The second-order valence-corrected chi connectivity index (χ2v) is 6.06. The Labute approximate surface area is 117 Å². The van der Waals surface area contributed by atoms with Crippen molar-refractivity contribution in [3.63, 3.8) is 0 Å². The van der Waals surface area contributed by atoms with Crippen molar-refractivity contribution in [3.8, 4) is 0 Å². The summed E-state index contributed by atoms with van der Waals surface area (Å²) in [7, 11) is 0. The highest BCUT2D eigenvalue weighted by Crippen LogP contribution is 2.31. The lowest BCUT2D eigenvalue weighted by Crippen LogP contribution is -2.42. The zero-order valence-corrected chi connectivity index (χ0v) is 12.3. The maximum absolute atomic E-state index is 6.09. The van der Waals surface area contributed by atoms with Crippen molar-refractivity contribution in [2.45, 2.75) is 51.6 Å². The van der Waals surface area contributed by atoms with Crippen molar-refractivity contribution in [1.29, 1.82) is 0 Å². The van der Waals surface area contributed by atoms with E-state index in [0.717, 1.165) is 6.54 Å². The normalized spacial score (nSPS) is 18.4. The lowest BCUT2D eigenvalue weighted by Gasteiger charge is -2.37. The minimum absolute atomic E-state index is 0.341. The first-order valence-electron chi connectivity index (χ1n) is 7.58. The molecule has 0 spiro atoms. The number of nitrogens with zero attached hydrogens (tertiary/aromatic N) is 2. The van der Waals surface area contributed by atoms with Crippen LogP contribution in [-0.4, -0.2) is 29.0 Å². The van der Waals surface area contributed by atoms with Gasteiger partial charge >= 0.3 is 0 Å². The van der Waals surface area contributed by atoms with Gasteiger partial charge in [0.1, 0.15) is 0 Å². The average Bonchev–Trinajstić information content (AvgIpc) is 2.93. The first-order chi connectivity index (χ1) is 9.22. The molecule has 0 radical (unpaired) electrons. The van der Waals surface area contributed by atoms with Crippen LogP contribution in [0.4, 0.5) is 0 Å². The number of hydrogen-bond acceptors (Lipinski definition) is 3. The van der Waals surface area contributed by atoms with Gasteiger partial charge in [0.05, 0.1) is 0 Å². The van der Waals surface area contributed by atoms with E-state index in [2.05, 4.69) is 35.9 Å². The van der Waals surface area contributed by atoms with Gasteiger partial charge in [0.15, 0.2) is 0 Å². The summed E-state index contributed by atoms with van der Waals surface area (Å²) in [5.41, 5.74) is 7.40. The Kier molecular flexibility index (Phi) is 5.34. The molecule has 19 heavy (non-hydrogen) atoms. The van der Waals surface area contributed by atoms with Crippen LogP contribution in [0.3, 0.4) is 0 Å². The summed E-state index contributed by atoms with van der Waals surface area (Å²) in [5, 5.41) is 0. The van der Waals surface area contributed by atoms with E-state index in [1.807, 2.05) is 12.4 Å². The van der Waals surface area contributed by atoms with Crippen molar-refractivity contribution in [1.82, 2.24) is 9.88 Å². The van der Waals surface area contributed by atoms with Crippen LogP contribution in [0.2, 0.25) is 0 Å². The molecular weight excluding hydrogens is 234 g/mol. The Balaban J connectivity index is 2.18. The van der Waals surface area contributed by atoms with Gasteiger partial charge in [-0.2, -0.15) is 0 Å². The first kappa shape index (κ1) is 14.5. The van der Waals surface area contributed by atoms with E-state index < -0.39 is 0 Å². The summed E-state index contributed by atoms with van der Waals surface area (Å²) in [6.45, 7) is 6.41. The van der Waals surface area contributed by atoms with E-state index >= 15 is 0 Å². The maximum Gasteiger partial charge on any atom is 0.0474 e. The highest BCUT2D eigenvalue weighted by molar-refractivity contribution is 5.16. The Hall–Kier alpha value is -0.930. The molecule has 0 saturated heterocycles. The summed E-state index contributed by atoms with van der Waals surface area (Å²) in [4.78, 5) is 6.77. The number of hydrogen-bond donors (Lipinski definition) is 1. The summed E-state index contributed by atoms with van der Waals surface area (Å²) in [6.07, 6.45) is 9.14. The van der Waals surface area contributed by atoms with Gasteiger partial charge in [-0.3, -0.25) is 9.88 Å². The lowest BCUT2D eigenvalue weighted by molar-refractivity contribution is 0.121. The molecule has 2 N–H and O–H groups in total. The molecule has 1 heterocycles. The summed E-state index contributed by atoms with van der Waals surface area (Å²) >= 11 is 0. The van der Waals surface area contributed by atoms with Crippen molar-refractivity contribution in [2.24, 2.45) is 11.7 Å². The Morgan fingerprint density at radius 2 is 1.89 bits per heavy atom. The number of pyridine rings is 1. The highest BCUT2D eigenvalue weighted by atomic mass is 15.2. The molecule has 1 saturated carbocycles. The van der Waals surface area contributed by atoms with Gasteiger partial charge in [-0.25, -0.2) is 0 Å². The fraction of sp³-hybridized carbons (Fsp3) is 0.688. The maximum atomic E-state index is 6.09. The van der Waals surface area contributed by atoms with Gasteiger partial charge < -0.3 is 5.73 Å². The molecule has 1 aliphatic rings. The molecular formula is C16H27N3. The average molecular weight is 261 g/mol. The van der Waals surface area contributed by atoms with Gasteiger partial charge in [-0.15, -0.1) is 0 Å². The lowest BCUT2D eigenvalue weighted by atomic mass is 10.0. The molecule has 1 atom stereocenters. The van der Waals surface area contributed by atoms with Crippen LogP contribution in [0, 0.1) is 5.92 Å². The molecule has 1 unspecified atom stereocenters. The Morgan fingerprint density at radius 1 is 1.26 bits per heavy atom. The van der Waals surface area contributed by atoms with Crippen molar-refractivity contribution in [3.05, 3.63) is 30.1 Å². The molecule has 0 aliphatic heterocycles. The zero-order valence-electron chi connectivity index (χ0n) is 12.3. The summed E-state index contributed by atoms with van der Waals surface area (Å²) in [6, 6.07) is 5.28. The van der Waals surface area contributed by atoms with Crippen molar-refractivity contribution >= 4 is 0 Å². The second kappa shape index (κ2) is 7.01. The molecule has 3 heteroatoms. The molecule has 1 fully saturated rings. The molecule has 0 amide bonds. The molecule has 3 nitrogen and oxygen atoms in total. The van der Waals surface area contributed by atoms with Crippen LogP contribution < -0.4 is 5.73 Å². The van der Waals surface area contributed by atoms with Crippen molar-refractivity contribution in [2.75, 3.05) is 13.1 Å². The molecule has 106 valence electrons. The third kappa shape index (κ3) is 3.77. The predicted molar refractivity (Wildman–Crippen MR) is 79.8 cm³/mol. The largest absolute Gasteiger partial charge is 0.329 e. The molecule has 2 rings (SSSR count). The summed E-state index contributed by atoms with van der Waals surface area (Å²) in [5.74, 6) is 0.677. The van der Waals surface area contributed by atoms with Crippen LogP contribution in [0.25, 0.3) is 0 Å². The predicted octanol–water partition coefficient (Wildman–Crippen LogP) is 2.98. The molecule has 0 aromatic carbocycles. The van der Waals surface area contributed by atoms with E-state index in [-0.39, 0.29) is 0 Å². The smallest absolute Gasteiger partial charge is 0.0474 e. The van der Waals surface area contributed by atoms with Crippen LogP contribution in [0.5, 0.6) is 0 Å². The Morgan fingerprint density at radius 3 is 2.42 bits per heavy atom. The van der Waals surface area contributed by atoms with Gasteiger partial charge in [0, 0.05) is 37.6 Å². The van der Waals surface area contributed by atoms with E-state index in [4.69, 9.17) is 5.73 Å². The minimum Gasteiger partial charge on any atom is -0.329 e. The summed E-state index contributed by atoms with van der Waals surface area (Å²) < 4.78 is 0. The standard InChI is InChI=1S/C16H27N3/c1-13(2)12-19(15-5-3-4-6-15)16(11-17)14-7-9-18-10-8-14/h7-10,13,15-16H,3-6,11-12,17H2,1-2H3. The topological polar surface area (TPSA) is 42.1 Å². The van der Waals surface area contributed by atoms with E-state index in [1.165, 1.54) is 31.2 Å². The fourth-order valence-electron chi connectivity index (χ4n) is 3.24. The molecule has 1 aromatic rings. The van der Waals surface area contributed by atoms with Gasteiger partial charge in [-0.05, 0) is 36.5 Å². The van der Waals surface area contributed by atoms with E-state index in [1.54, 1.807) is 0 Å².